The number of hydrogen-bond acceptors (Lipinski definition) is 2. The highest BCUT2D eigenvalue weighted by atomic mass is 79.9. The minimum absolute atomic E-state index is 0.146. The Morgan fingerprint density at radius 2 is 1.96 bits per heavy atom. The van der Waals surface area contributed by atoms with Crippen molar-refractivity contribution in [3.63, 3.8) is 0 Å². The molecule has 2 aromatic carbocycles. The average molecular weight is 373 g/mol. The van der Waals surface area contributed by atoms with Crippen molar-refractivity contribution in [2.24, 2.45) is 0 Å². The summed E-state index contributed by atoms with van der Waals surface area (Å²) in [7, 11) is 0. The molecule has 0 aromatic heterocycles. The van der Waals surface area contributed by atoms with Crippen LogP contribution in [-0.4, -0.2) is 23.3 Å². The second kappa shape index (κ2) is 6.96. The van der Waals surface area contributed by atoms with Crippen LogP contribution in [0.25, 0.3) is 0 Å². The van der Waals surface area contributed by atoms with E-state index in [-0.39, 0.29) is 11.8 Å². The van der Waals surface area contributed by atoms with E-state index >= 15 is 0 Å². The molecule has 5 heteroatoms. The van der Waals surface area contributed by atoms with Crippen LogP contribution in [0, 0.1) is 0 Å². The van der Waals surface area contributed by atoms with Gasteiger partial charge in [0.25, 0.3) is 5.91 Å². The second-order valence-corrected chi connectivity index (χ2v) is 6.50. The predicted molar refractivity (Wildman–Crippen MR) is 93.2 cm³/mol. The molecule has 0 saturated carbocycles. The number of rotatable bonds is 4. The summed E-state index contributed by atoms with van der Waals surface area (Å²) in [5.74, 6) is 0.0633. The minimum atomic E-state index is -0.146. The lowest BCUT2D eigenvalue weighted by molar-refractivity contribution is -0.128. The van der Waals surface area contributed by atoms with Gasteiger partial charge in [-0.25, -0.2) is 0 Å². The van der Waals surface area contributed by atoms with Crippen LogP contribution in [0.4, 0.5) is 5.69 Å². The van der Waals surface area contributed by atoms with Gasteiger partial charge in [-0.15, -0.1) is 0 Å². The molecule has 118 valence electrons. The van der Waals surface area contributed by atoms with E-state index in [1.165, 1.54) is 0 Å². The molecule has 1 heterocycles. The molecule has 0 atom stereocenters. The first kappa shape index (κ1) is 15.7. The third-order valence-corrected chi connectivity index (χ3v) is 4.34. The zero-order valence-electron chi connectivity index (χ0n) is 12.6. The summed E-state index contributed by atoms with van der Waals surface area (Å²) in [4.78, 5) is 25.7. The monoisotopic (exact) mass is 372 g/mol. The number of carbonyl (C=O) groups excluding carboxylic acids is 2. The summed E-state index contributed by atoms with van der Waals surface area (Å²) in [6.45, 7) is 1.44. The van der Waals surface area contributed by atoms with Gasteiger partial charge in [0.15, 0.2) is 0 Å². The Bertz CT molecular complexity index is 728. The average Bonchev–Trinajstić information content (AvgIpc) is 2.93. The topological polar surface area (TPSA) is 49.4 Å². The van der Waals surface area contributed by atoms with Crippen molar-refractivity contribution in [1.29, 1.82) is 0 Å². The third kappa shape index (κ3) is 3.99. The van der Waals surface area contributed by atoms with Crippen molar-refractivity contribution >= 4 is 33.4 Å². The lowest BCUT2D eigenvalue weighted by Crippen LogP contribution is -2.23. The molecule has 1 aliphatic rings. The molecule has 1 saturated heterocycles. The zero-order valence-corrected chi connectivity index (χ0v) is 14.2. The van der Waals surface area contributed by atoms with Gasteiger partial charge in [-0.3, -0.25) is 9.59 Å². The molecule has 3 rings (SSSR count). The van der Waals surface area contributed by atoms with Gasteiger partial charge in [-0.1, -0.05) is 34.1 Å². The number of benzene rings is 2. The van der Waals surface area contributed by atoms with Crippen molar-refractivity contribution in [2.45, 2.75) is 19.4 Å². The summed E-state index contributed by atoms with van der Waals surface area (Å²) in [5, 5.41) is 2.87. The highest BCUT2D eigenvalue weighted by Crippen LogP contribution is 2.18. The van der Waals surface area contributed by atoms with E-state index in [9.17, 15) is 9.59 Å². The number of hydrogen-bond donors (Lipinski definition) is 1. The molecule has 2 aromatic rings. The Labute approximate surface area is 143 Å². The first-order valence-electron chi connectivity index (χ1n) is 7.55. The van der Waals surface area contributed by atoms with Gasteiger partial charge in [0, 0.05) is 35.2 Å². The third-order valence-electron chi connectivity index (χ3n) is 3.84. The summed E-state index contributed by atoms with van der Waals surface area (Å²) >= 11 is 3.38. The van der Waals surface area contributed by atoms with Crippen LogP contribution >= 0.6 is 15.9 Å². The molecule has 0 unspecified atom stereocenters. The van der Waals surface area contributed by atoms with Crippen molar-refractivity contribution in [2.75, 3.05) is 11.9 Å². The van der Waals surface area contributed by atoms with Crippen molar-refractivity contribution < 1.29 is 9.59 Å². The number of nitrogens with zero attached hydrogens (tertiary/aromatic N) is 1. The molecular formula is C18H17BrN2O2. The van der Waals surface area contributed by atoms with Gasteiger partial charge in [0.05, 0.1) is 0 Å². The molecule has 1 N–H and O–H groups in total. The number of likely N-dealkylation sites (tertiary alicyclic amines) is 1. The molecule has 0 bridgehead atoms. The van der Waals surface area contributed by atoms with Crippen LogP contribution in [0.3, 0.4) is 0 Å². The number of carbonyl (C=O) groups is 2. The van der Waals surface area contributed by atoms with Crippen LogP contribution in [0.2, 0.25) is 0 Å². The molecule has 0 aliphatic carbocycles. The zero-order chi connectivity index (χ0) is 16.2. The van der Waals surface area contributed by atoms with Gasteiger partial charge in [-0.2, -0.15) is 0 Å². The SMILES string of the molecule is O=C(Nc1cccc(Br)c1)c1ccc(CN2CCCC2=O)cc1. The van der Waals surface area contributed by atoms with Crippen LogP contribution in [0.15, 0.2) is 53.0 Å². The molecule has 0 radical (unpaired) electrons. The maximum Gasteiger partial charge on any atom is 0.255 e. The number of amides is 2. The van der Waals surface area contributed by atoms with E-state index in [1.54, 1.807) is 12.1 Å². The first-order valence-corrected chi connectivity index (χ1v) is 8.35. The fourth-order valence-electron chi connectivity index (χ4n) is 2.62. The van der Waals surface area contributed by atoms with Gasteiger partial charge in [0.2, 0.25) is 5.91 Å². The van der Waals surface area contributed by atoms with Crippen LogP contribution in [0.5, 0.6) is 0 Å². The smallest absolute Gasteiger partial charge is 0.255 e. The van der Waals surface area contributed by atoms with E-state index in [1.807, 2.05) is 41.3 Å². The van der Waals surface area contributed by atoms with Gasteiger partial charge >= 0.3 is 0 Å². The Morgan fingerprint density at radius 3 is 2.61 bits per heavy atom. The lowest BCUT2D eigenvalue weighted by Gasteiger charge is -2.15. The van der Waals surface area contributed by atoms with E-state index < -0.39 is 0 Å². The summed E-state index contributed by atoms with van der Waals surface area (Å²) in [6, 6.07) is 14.9. The Hall–Kier alpha value is -2.14. The summed E-state index contributed by atoms with van der Waals surface area (Å²) in [5.41, 5.74) is 2.39. The lowest BCUT2D eigenvalue weighted by atomic mass is 10.1. The number of halogens is 1. The largest absolute Gasteiger partial charge is 0.338 e. The fourth-order valence-corrected chi connectivity index (χ4v) is 3.02. The highest BCUT2D eigenvalue weighted by Gasteiger charge is 2.19. The predicted octanol–water partition coefficient (Wildman–Crippen LogP) is 3.82. The van der Waals surface area contributed by atoms with Crippen LogP contribution < -0.4 is 5.32 Å². The molecule has 1 fully saturated rings. The van der Waals surface area contributed by atoms with E-state index in [0.29, 0.717) is 18.5 Å². The standard InChI is InChI=1S/C18H17BrN2O2/c19-15-3-1-4-16(11-15)20-18(23)14-8-6-13(7-9-14)12-21-10-2-5-17(21)22/h1,3-4,6-9,11H,2,5,10,12H2,(H,20,23). The van der Waals surface area contributed by atoms with Crippen molar-refractivity contribution in [3.05, 3.63) is 64.1 Å². The van der Waals surface area contributed by atoms with Gasteiger partial charge < -0.3 is 10.2 Å². The van der Waals surface area contributed by atoms with Gasteiger partial charge in [-0.05, 0) is 42.3 Å². The van der Waals surface area contributed by atoms with E-state index in [0.717, 1.165) is 28.7 Å². The maximum absolute atomic E-state index is 12.2. The second-order valence-electron chi connectivity index (χ2n) is 5.58. The van der Waals surface area contributed by atoms with E-state index in [4.69, 9.17) is 0 Å². The number of anilines is 1. The molecule has 1 aliphatic heterocycles. The van der Waals surface area contributed by atoms with Crippen molar-refractivity contribution in [1.82, 2.24) is 4.90 Å². The fraction of sp³-hybridized carbons (Fsp3) is 0.222. The Balaban J connectivity index is 1.64. The quantitative estimate of drug-likeness (QED) is 0.886. The summed E-state index contributed by atoms with van der Waals surface area (Å²) in [6.07, 6.45) is 1.58. The van der Waals surface area contributed by atoms with Crippen LogP contribution in [-0.2, 0) is 11.3 Å². The van der Waals surface area contributed by atoms with Crippen LogP contribution in [0.1, 0.15) is 28.8 Å². The Kier molecular flexibility index (Phi) is 4.76. The van der Waals surface area contributed by atoms with Gasteiger partial charge in [0.1, 0.15) is 0 Å². The van der Waals surface area contributed by atoms with E-state index in [2.05, 4.69) is 21.2 Å². The molecule has 0 spiro atoms. The normalized spacial score (nSPS) is 14.1. The first-order chi connectivity index (χ1) is 11.1. The minimum Gasteiger partial charge on any atom is -0.338 e. The molecular weight excluding hydrogens is 356 g/mol. The summed E-state index contributed by atoms with van der Waals surface area (Å²) < 4.78 is 0.918. The highest BCUT2D eigenvalue weighted by molar-refractivity contribution is 9.10. The number of nitrogens with one attached hydrogen (secondary N) is 1. The van der Waals surface area contributed by atoms with Crippen molar-refractivity contribution in [3.8, 4) is 0 Å². The maximum atomic E-state index is 12.2. The molecule has 4 nitrogen and oxygen atoms in total. The molecule has 23 heavy (non-hydrogen) atoms. The molecule has 2 amide bonds. The Morgan fingerprint density at radius 1 is 1.17 bits per heavy atom.